The number of halogens is 2. The van der Waals surface area contributed by atoms with Gasteiger partial charge >= 0.3 is 6.03 Å². The predicted octanol–water partition coefficient (Wildman–Crippen LogP) is 6.11. The first-order chi connectivity index (χ1) is 18.3. The summed E-state index contributed by atoms with van der Waals surface area (Å²) in [4.78, 5) is 30.3. The SMILES string of the molecule is COc1ccccc1N1CCN(c2ccc(NC(=O)Nc3cccc(Cl)c3Cl)cc2C(=O)NC(C)C)CC1. The number of hydrogen-bond donors (Lipinski definition) is 3. The lowest BCUT2D eigenvalue weighted by Gasteiger charge is -2.38. The van der Waals surface area contributed by atoms with Gasteiger partial charge in [0, 0.05) is 43.6 Å². The zero-order chi connectivity index (χ0) is 27.2. The Labute approximate surface area is 232 Å². The smallest absolute Gasteiger partial charge is 0.323 e. The second-order valence-corrected chi connectivity index (χ2v) is 9.97. The van der Waals surface area contributed by atoms with Gasteiger partial charge in [-0.15, -0.1) is 0 Å². The molecule has 1 fully saturated rings. The summed E-state index contributed by atoms with van der Waals surface area (Å²) in [5, 5.41) is 9.04. The number of nitrogens with one attached hydrogen (secondary N) is 3. The van der Waals surface area contributed by atoms with Crippen LogP contribution in [-0.2, 0) is 0 Å². The fourth-order valence-corrected chi connectivity index (χ4v) is 4.72. The minimum atomic E-state index is -0.498. The Morgan fingerprint density at radius 1 is 0.868 bits per heavy atom. The monoisotopic (exact) mass is 555 g/mol. The van der Waals surface area contributed by atoms with Gasteiger partial charge in [0.1, 0.15) is 5.75 Å². The largest absolute Gasteiger partial charge is 0.495 e. The Balaban J connectivity index is 1.52. The van der Waals surface area contributed by atoms with Crippen molar-refractivity contribution in [3.05, 3.63) is 76.3 Å². The summed E-state index contributed by atoms with van der Waals surface area (Å²) in [5.74, 6) is 0.634. The van der Waals surface area contributed by atoms with Crippen molar-refractivity contribution in [2.75, 3.05) is 53.7 Å². The Hall–Kier alpha value is -3.62. The summed E-state index contributed by atoms with van der Waals surface area (Å²) in [7, 11) is 1.67. The number of carbonyl (C=O) groups excluding carboxylic acids is 2. The molecule has 1 heterocycles. The average Bonchev–Trinajstić information content (AvgIpc) is 2.91. The van der Waals surface area contributed by atoms with E-state index in [4.69, 9.17) is 27.9 Å². The molecule has 0 aliphatic carbocycles. The van der Waals surface area contributed by atoms with E-state index >= 15 is 0 Å². The molecule has 1 aliphatic rings. The van der Waals surface area contributed by atoms with E-state index in [9.17, 15) is 9.59 Å². The number of ether oxygens (including phenoxy) is 1. The van der Waals surface area contributed by atoms with Gasteiger partial charge in [0.05, 0.1) is 34.1 Å². The maximum absolute atomic E-state index is 13.2. The summed E-state index contributed by atoms with van der Waals surface area (Å²) >= 11 is 12.2. The van der Waals surface area contributed by atoms with Crippen LogP contribution in [0, 0.1) is 0 Å². The van der Waals surface area contributed by atoms with Crippen molar-refractivity contribution in [2.24, 2.45) is 0 Å². The Kier molecular flexibility index (Phi) is 8.86. The summed E-state index contributed by atoms with van der Waals surface area (Å²) < 4.78 is 5.53. The molecule has 0 atom stereocenters. The van der Waals surface area contributed by atoms with E-state index in [-0.39, 0.29) is 17.0 Å². The highest BCUT2D eigenvalue weighted by Crippen LogP contribution is 2.32. The van der Waals surface area contributed by atoms with Crippen LogP contribution >= 0.6 is 23.2 Å². The molecule has 10 heteroatoms. The maximum atomic E-state index is 13.2. The number of nitrogens with zero attached hydrogens (tertiary/aromatic N) is 2. The second kappa shape index (κ2) is 12.3. The molecule has 1 aliphatic heterocycles. The number of urea groups is 1. The van der Waals surface area contributed by atoms with E-state index in [1.807, 2.05) is 38.1 Å². The van der Waals surface area contributed by atoms with Gasteiger partial charge in [-0.05, 0) is 56.3 Å². The normalized spacial score (nSPS) is 13.3. The lowest BCUT2D eigenvalue weighted by atomic mass is 10.1. The molecule has 4 rings (SSSR count). The minimum absolute atomic E-state index is 0.0392. The fraction of sp³-hybridized carbons (Fsp3) is 0.286. The van der Waals surface area contributed by atoms with Crippen molar-refractivity contribution in [1.82, 2.24) is 5.32 Å². The van der Waals surface area contributed by atoms with E-state index in [2.05, 4.69) is 31.8 Å². The van der Waals surface area contributed by atoms with Crippen LogP contribution in [0.5, 0.6) is 5.75 Å². The number of hydrogen-bond acceptors (Lipinski definition) is 5. The molecule has 3 N–H and O–H groups in total. The van der Waals surface area contributed by atoms with E-state index in [1.165, 1.54) is 0 Å². The Bertz CT molecular complexity index is 1310. The molecule has 0 unspecified atom stereocenters. The first-order valence-electron chi connectivity index (χ1n) is 12.4. The van der Waals surface area contributed by atoms with E-state index < -0.39 is 6.03 Å². The van der Waals surface area contributed by atoms with Gasteiger partial charge in [0.2, 0.25) is 0 Å². The summed E-state index contributed by atoms with van der Waals surface area (Å²) in [6, 6.07) is 17.8. The van der Waals surface area contributed by atoms with Crippen molar-refractivity contribution in [2.45, 2.75) is 19.9 Å². The van der Waals surface area contributed by atoms with Crippen molar-refractivity contribution in [3.63, 3.8) is 0 Å². The quantitative estimate of drug-likeness (QED) is 0.327. The summed E-state index contributed by atoms with van der Waals surface area (Å²) in [6.07, 6.45) is 0. The molecular formula is C28H31Cl2N5O3. The van der Waals surface area contributed by atoms with Crippen LogP contribution in [0.2, 0.25) is 10.0 Å². The first kappa shape index (κ1) is 27.4. The fourth-order valence-electron chi connectivity index (χ4n) is 4.38. The van der Waals surface area contributed by atoms with E-state index in [1.54, 1.807) is 37.4 Å². The highest BCUT2D eigenvalue weighted by atomic mass is 35.5. The minimum Gasteiger partial charge on any atom is -0.495 e. The van der Waals surface area contributed by atoms with Crippen LogP contribution in [0.4, 0.5) is 27.5 Å². The van der Waals surface area contributed by atoms with Crippen LogP contribution in [0.25, 0.3) is 0 Å². The highest BCUT2D eigenvalue weighted by Gasteiger charge is 2.24. The number of para-hydroxylation sites is 2. The number of methoxy groups -OCH3 is 1. The van der Waals surface area contributed by atoms with Crippen LogP contribution in [0.3, 0.4) is 0 Å². The van der Waals surface area contributed by atoms with Crippen LogP contribution in [-0.4, -0.2) is 51.3 Å². The zero-order valence-corrected chi connectivity index (χ0v) is 23.1. The number of benzene rings is 3. The molecule has 0 radical (unpaired) electrons. The maximum Gasteiger partial charge on any atom is 0.323 e. The first-order valence-corrected chi connectivity index (χ1v) is 13.1. The Morgan fingerprint density at radius 2 is 1.55 bits per heavy atom. The van der Waals surface area contributed by atoms with E-state index in [0.29, 0.717) is 22.0 Å². The highest BCUT2D eigenvalue weighted by molar-refractivity contribution is 6.44. The third-order valence-corrected chi connectivity index (χ3v) is 6.98. The molecule has 0 saturated carbocycles. The topological polar surface area (TPSA) is 85.9 Å². The number of piperazine rings is 1. The molecule has 1 saturated heterocycles. The molecule has 0 aromatic heterocycles. The molecule has 38 heavy (non-hydrogen) atoms. The lowest BCUT2D eigenvalue weighted by molar-refractivity contribution is 0.0943. The summed E-state index contributed by atoms with van der Waals surface area (Å²) in [6.45, 7) is 6.81. The third kappa shape index (κ3) is 6.44. The molecule has 3 aromatic rings. The van der Waals surface area contributed by atoms with Crippen LogP contribution in [0.15, 0.2) is 60.7 Å². The van der Waals surface area contributed by atoms with Crippen molar-refractivity contribution in [1.29, 1.82) is 0 Å². The van der Waals surface area contributed by atoms with Gasteiger partial charge in [-0.1, -0.05) is 41.4 Å². The molecular weight excluding hydrogens is 525 g/mol. The third-order valence-electron chi connectivity index (χ3n) is 6.16. The number of rotatable bonds is 7. The zero-order valence-electron chi connectivity index (χ0n) is 21.6. The van der Waals surface area contributed by atoms with Crippen LogP contribution in [0.1, 0.15) is 24.2 Å². The van der Waals surface area contributed by atoms with Gasteiger partial charge in [-0.25, -0.2) is 4.79 Å². The van der Waals surface area contributed by atoms with Crippen molar-refractivity contribution >= 4 is 57.9 Å². The van der Waals surface area contributed by atoms with Gasteiger partial charge in [-0.2, -0.15) is 0 Å². The van der Waals surface area contributed by atoms with Gasteiger partial charge in [0.25, 0.3) is 5.91 Å². The average molecular weight is 556 g/mol. The molecule has 3 amide bonds. The molecule has 8 nitrogen and oxygen atoms in total. The molecule has 200 valence electrons. The molecule has 0 spiro atoms. The number of anilines is 4. The summed E-state index contributed by atoms with van der Waals surface area (Å²) in [5.41, 5.74) is 3.22. The van der Waals surface area contributed by atoms with Crippen LogP contribution < -0.4 is 30.5 Å². The van der Waals surface area contributed by atoms with Gasteiger partial charge < -0.3 is 30.5 Å². The molecule has 3 aromatic carbocycles. The van der Waals surface area contributed by atoms with Crippen molar-refractivity contribution in [3.8, 4) is 5.75 Å². The standard InChI is InChI=1S/C28H31Cl2N5O3/c1-18(2)31-27(36)20-17-19(32-28(37)33-22-8-6-7-21(29)26(22)30)11-12-23(20)34-13-15-35(16-14-34)24-9-4-5-10-25(24)38-3/h4-12,17-18H,13-16H2,1-3H3,(H,31,36)(H2,32,33,37). The van der Waals surface area contributed by atoms with Gasteiger partial charge in [0.15, 0.2) is 0 Å². The lowest BCUT2D eigenvalue weighted by Crippen LogP contribution is -2.47. The number of carbonyl (C=O) groups is 2. The Morgan fingerprint density at radius 3 is 2.24 bits per heavy atom. The van der Waals surface area contributed by atoms with Crippen molar-refractivity contribution < 1.29 is 14.3 Å². The predicted molar refractivity (Wildman–Crippen MR) is 156 cm³/mol. The second-order valence-electron chi connectivity index (χ2n) is 9.19. The number of amides is 3. The van der Waals surface area contributed by atoms with E-state index in [0.717, 1.165) is 43.3 Å². The van der Waals surface area contributed by atoms with Gasteiger partial charge in [-0.3, -0.25) is 4.79 Å². The molecule has 0 bridgehead atoms.